The third-order valence-electron chi connectivity index (χ3n) is 3.27. The number of para-hydroxylation sites is 1. The Morgan fingerprint density at radius 1 is 1.29 bits per heavy atom. The first-order valence-corrected chi connectivity index (χ1v) is 9.14. The molecule has 0 aliphatic heterocycles. The van der Waals surface area contributed by atoms with E-state index in [0.29, 0.717) is 18.9 Å². The first-order valence-electron chi connectivity index (χ1n) is 7.82. The van der Waals surface area contributed by atoms with Crippen LogP contribution < -0.4 is 10.1 Å². The van der Waals surface area contributed by atoms with E-state index in [9.17, 15) is 4.21 Å². The summed E-state index contributed by atoms with van der Waals surface area (Å²) in [6.45, 7) is 7.91. The van der Waals surface area contributed by atoms with E-state index in [-0.39, 0.29) is 28.7 Å². The Bertz CT molecular complexity index is 518. The minimum Gasteiger partial charge on any atom is -0.492 e. The molecular formula is C17H30IN3O2S. The molecule has 0 aromatic heterocycles. The zero-order valence-electron chi connectivity index (χ0n) is 15.2. The normalized spacial score (nSPS) is 13.0. The van der Waals surface area contributed by atoms with Gasteiger partial charge >= 0.3 is 0 Å². The first kappa shape index (κ1) is 23.2. The molecule has 1 aromatic carbocycles. The number of aliphatic imine (C=N–C) groups is 1. The van der Waals surface area contributed by atoms with Crippen LogP contribution in [0.15, 0.2) is 35.3 Å². The molecule has 0 saturated carbocycles. The fourth-order valence-electron chi connectivity index (χ4n) is 1.87. The second kappa shape index (κ2) is 11.7. The number of ether oxygens (including phenoxy) is 1. The Morgan fingerprint density at radius 3 is 2.46 bits per heavy atom. The molecule has 1 rings (SSSR count). The summed E-state index contributed by atoms with van der Waals surface area (Å²) in [5.74, 6) is 2.26. The summed E-state index contributed by atoms with van der Waals surface area (Å²) >= 11 is 0. The van der Waals surface area contributed by atoms with Gasteiger partial charge in [-0.05, 0) is 32.9 Å². The number of nitrogens with one attached hydrogen (secondary N) is 1. The van der Waals surface area contributed by atoms with Crippen molar-refractivity contribution in [3.05, 3.63) is 30.3 Å². The van der Waals surface area contributed by atoms with Gasteiger partial charge in [-0.2, -0.15) is 0 Å². The second-order valence-corrected chi connectivity index (χ2v) is 8.54. The lowest BCUT2D eigenvalue weighted by atomic mass is 10.3. The molecule has 1 aromatic rings. The number of likely N-dealkylation sites (N-methyl/N-ethyl adjacent to an activating group) is 1. The fraction of sp³-hybridized carbons (Fsp3) is 0.588. The third-order valence-corrected chi connectivity index (χ3v) is 5.21. The third kappa shape index (κ3) is 8.86. The lowest BCUT2D eigenvalue weighted by Crippen LogP contribution is -2.43. The van der Waals surface area contributed by atoms with Gasteiger partial charge in [0.05, 0.1) is 6.54 Å². The Balaban J connectivity index is 0.00000529. The van der Waals surface area contributed by atoms with E-state index in [1.54, 1.807) is 7.05 Å². The SMILES string of the molecule is CN=C(NCCS(=O)C(C)(C)C)N(C)CCOc1ccccc1.I. The number of nitrogens with zero attached hydrogens (tertiary/aromatic N) is 2. The van der Waals surface area contributed by atoms with E-state index in [1.165, 1.54) is 0 Å². The van der Waals surface area contributed by atoms with Crippen LogP contribution in [0, 0.1) is 0 Å². The Kier molecular flexibility index (Phi) is 11.3. The van der Waals surface area contributed by atoms with Gasteiger partial charge in [0.25, 0.3) is 0 Å². The van der Waals surface area contributed by atoms with Gasteiger partial charge in [0.2, 0.25) is 0 Å². The average molecular weight is 467 g/mol. The first-order chi connectivity index (χ1) is 10.8. The largest absolute Gasteiger partial charge is 0.492 e. The molecule has 0 fully saturated rings. The minimum absolute atomic E-state index is 0. The van der Waals surface area contributed by atoms with Gasteiger partial charge in [0.1, 0.15) is 12.4 Å². The van der Waals surface area contributed by atoms with Gasteiger partial charge in [-0.1, -0.05) is 18.2 Å². The number of guanidine groups is 1. The maximum Gasteiger partial charge on any atom is 0.193 e. The summed E-state index contributed by atoms with van der Waals surface area (Å²) in [5, 5.41) is 3.25. The summed E-state index contributed by atoms with van der Waals surface area (Å²) in [6.07, 6.45) is 0. The zero-order chi connectivity index (χ0) is 17.3. The minimum atomic E-state index is -0.860. The van der Waals surface area contributed by atoms with Crippen LogP contribution in [0.1, 0.15) is 20.8 Å². The number of halogens is 1. The molecule has 5 nitrogen and oxygen atoms in total. The van der Waals surface area contributed by atoms with Crippen molar-refractivity contribution in [1.82, 2.24) is 10.2 Å². The lowest BCUT2D eigenvalue weighted by Gasteiger charge is -2.23. The van der Waals surface area contributed by atoms with Crippen LogP contribution in [-0.4, -0.2) is 59.4 Å². The van der Waals surface area contributed by atoms with Crippen LogP contribution in [-0.2, 0) is 10.8 Å². The van der Waals surface area contributed by atoms with Gasteiger partial charge in [0, 0.05) is 41.9 Å². The van der Waals surface area contributed by atoms with E-state index in [4.69, 9.17) is 4.74 Å². The monoisotopic (exact) mass is 467 g/mol. The molecule has 138 valence electrons. The molecule has 1 atom stereocenters. The molecule has 0 saturated heterocycles. The average Bonchev–Trinajstić information content (AvgIpc) is 2.51. The lowest BCUT2D eigenvalue weighted by molar-refractivity contribution is 0.281. The predicted molar refractivity (Wildman–Crippen MR) is 114 cm³/mol. The van der Waals surface area contributed by atoms with Crippen molar-refractivity contribution < 1.29 is 8.95 Å². The van der Waals surface area contributed by atoms with Crippen molar-refractivity contribution in [2.75, 3.05) is 39.5 Å². The number of benzene rings is 1. The molecular weight excluding hydrogens is 437 g/mol. The maximum absolute atomic E-state index is 12.0. The van der Waals surface area contributed by atoms with Gasteiger partial charge in [-0.3, -0.25) is 9.20 Å². The molecule has 0 radical (unpaired) electrons. The molecule has 7 heteroatoms. The molecule has 0 aliphatic rings. The van der Waals surface area contributed by atoms with Gasteiger partial charge in [0.15, 0.2) is 5.96 Å². The van der Waals surface area contributed by atoms with Crippen LogP contribution in [0.5, 0.6) is 5.75 Å². The zero-order valence-corrected chi connectivity index (χ0v) is 18.4. The fourth-order valence-corrected chi connectivity index (χ4v) is 2.77. The standard InChI is InChI=1S/C17H29N3O2S.HI/c1-17(2,3)23(21)14-11-19-16(18-4)20(5)12-13-22-15-9-7-6-8-10-15;/h6-10H,11-14H2,1-5H3,(H,18,19);1H. The van der Waals surface area contributed by atoms with Crippen molar-refractivity contribution in [1.29, 1.82) is 0 Å². The molecule has 0 heterocycles. The van der Waals surface area contributed by atoms with Crippen LogP contribution >= 0.6 is 24.0 Å². The van der Waals surface area contributed by atoms with Crippen LogP contribution in [0.3, 0.4) is 0 Å². The van der Waals surface area contributed by atoms with Gasteiger partial charge < -0.3 is 15.0 Å². The highest BCUT2D eigenvalue weighted by Crippen LogP contribution is 2.10. The predicted octanol–water partition coefficient (Wildman–Crippen LogP) is 2.74. The molecule has 1 unspecified atom stereocenters. The van der Waals surface area contributed by atoms with E-state index in [2.05, 4.69) is 10.3 Å². The molecule has 24 heavy (non-hydrogen) atoms. The highest BCUT2D eigenvalue weighted by atomic mass is 127. The highest BCUT2D eigenvalue weighted by molar-refractivity contribution is 14.0. The van der Waals surface area contributed by atoms with Crippen molar-refractivity contribution >= 4 is 40.7 Å². The van der Waals surface area contributed by atoms with Crippen LogP contribution in [0.2, 0.25) is 0 Å². The molecule has 0 aliphatic carbocycles. The van der Waals surface area contributed by atoms with Crippen molar-refractivity contribution in [2.24, 2.45) is 4.99 Å². The summed E-state index contributed by atoms with van der Waals surface area (Å²) in [6, 6.07) is 9.75. The molecule has 0 bridgehead atoms. The Morgan fingerprint density at radius 2 is 1.92 bits per heavy atom. The van der Waals surface area contributed by atoms with Crippen molar-refractivity contribution in [2.45, 2.75) is 25.5 Å². The molecule has 0 amide bonds. The molecule has 0 spiro atoms. The summed E-state index contributed by atoms with van der Waals surface area (Å²) in [4.78, 5) is 6.25. The van der Waals surface area contributed by atoms with Gasteiger partial charge in [-0.15, -0.1) is 24.0 Å². The number of rotatable bonds is 7. The number of hydrogen-bond acceptors (Lipinski definition) is 3. The molecule has 1 N–H and O–H groups in total. The van der Waals surface area contributed by atoms with Crippen LogP contribution in [0.4, 0.5) is 0 Å². The van der Waals surface area contributed by atoms with E-state index in [1.807, 2.05) is 63.1 Å². The Hall–Kier alpha value is -0.830. The van der Waals surface area contributed by atoms with E-state index >= 15 is 0 Å². The summed E-state index contributed by atoms with van der Waals surface area (Å²) in [5.41, 5.74) is 0. The van der Waals surface area contributed by atoms with E-state index in [0.717, 1.165) is 18.3 Å². The topological polar surface area (TPSA) is 53.9 Å². The Labute approximate surface area is 165 Å². The maximum atomic E-state index is 12.0. The smallest absolute Gasteiger partial charge is 0.193 e. The van der Waals surface area contributed by atoms with Crippen molar-refractivity contribution in [3.8, 4) is 5.75 Å². The quantitative estimate of drug-likeness (QED) is 0.381. The number of hydrogen-bond donors (Lipinski definition) is 1. The van der Waals surface area contributed by atoms with Crippen molar-refractivity contribution in [3.63, 3.8) is 0 Å². The van der Waals surface area contributed by atoms with Crippen LogP contribution in [0.25, 0.3) is 0 Å². The van der Waals surface area contributed by atoms with E-state index < -0.39 is 10.8 Å². The van der Waals surface area contributed by atoms with Gasteiger partial charge in [-0.25, -0.2) is 0 Å². The summed E-state index contributed by atoms with van der Waals surface area (Å²) < 4.78 is 17.5. The highest BCUT2D eigenvalue weighted by Gasteiger charge is 2.18. The second-order valence-electron chi connectivity index (χ2n) is 6.22. The summed E-state index contributed by atoms with van der Waals surface area (Å²) in [7, 11) is 2.85.